The van der Waals surface area contributed by atoms with Gasteiger partial charge in [-0.05, 0) is 37.6 Å². The molecule has 0 aliphatic carbocycles. The molecule has 18 heavy (non-hydrogen) atoms. The summed E-state index contributed by atoms with van der Waals surface area (Å²) in [4.78, 5) is 10.8. The summed E-state index contributed by atoms with van der Waals surface area (Å²) < 4.78 is 0. The van der Waals surface area contributed by atoms with Gasteiger partial charge in [-0.25, -0.2) is 0 Å². The Balaban J connectivity index is 2.39. The van der Waals surface area contributed by atoms with E-state index in [9.17, 15) is 4.79 Å². The molecular weight excluding hydrogens is 246 g/mol. The van der Waals surface area contributed by atoms with Gasteiger partial charge in [0, 0.05) is 23.4 Å². The van der Waals surface area contributed by atoms with Crippen molar-refractivity contribution in [1.29, 1.82) is 0 Å². The fourth-order valence-corrected chi connectivity index (χ4v) is 1.99. The lowest BCUT2D eigenvalue weighted by Gasteiger charge is -2.26. The first-order valence-corrected chi connectivity index (χ1v) is 6.76. The van der Waals surface area contributed by atoms with E-state index >= 15 is 0 Å². The summed E-state index contributed by atoms with van der Waals surface area (Å²) >= 11 is 5.89. The molecule has 100 valence electrons. The van der Waals surface area contributed by atoms with Gasteiger partial charge in [0.1, 0.15) is 5.78 Å². The van der Waals surface area contributed by atoms with Gasteiger partial charge in [0.05, 0.1) is 0 Å². The maximum absolute atomic E-state index is 10.8. The first-order chi connectivity index (χ1) is 8.42. The third-order valence-corrected chi connectivity index (χ3v) is 3.33. The molecule has 0 unspecified atom stereocenters. The summed E-state index contributed by atoms with van der Waals surface area (Å²) in [5, 5.41) is 4.18. The van der Waals surface area contributed by atoms with Crippen LogP contribution in [0.2, 0.25) is 5.02 Å². The van der Waals surface area contributed by atoms with Crippen molar-refractivity contribution < 1.29 is 4.79 Å². The number of benzene rings is 1. The van der Waals surface area contributed by atoms with Crippen LogP contribution in [0.1, 0.15) is 39.2 Å². The average molecular weight is 268 g/mol. The van der Waals surface area contributed by atoms with E-state index in [0.717, 1.165) is 24.5 Å². The minimum Gasteiger partial charge on any atom is -0.316 e. The van der Waals surface area contributed by atoms with Crippen molar-refractivity contribution in [1.82, 2.24) is 5.32 Å². The Labute approximate surface area is 115 Å². The first-order valence-electron chi connectivity index (χ1n) is 6.38. The topological polar surface area (TPSA) is 29.1 Å². The van der Waals surface area contributed by atoms with Crippen molar-refractivity contribution in [3.8, 4) is 0 Å². The largest absolute Gasteiger partial charge is 0.316 e. The number of hydrogen-bond donors (Lipinski definition) is 1. The highest BCUT2D eigenvalue weighted by molar-refractivity contribution is 6.30. The van der Waals surface area contributed by atoms with Gasteiger partial charge in [0.15, 0.2) is 0 Å². The lowest BCUT2D eigenvalue weighted by atomic mass is 9.84. The van der Waals surface area contributed by atoms with E-state index in [1.54, 1.807) is 6.92 Å². The van der Waals surface area contributed by atoms with Gasteiger partial charge in [0.25, 0.3) is 0 Å². The second kappa shape index (κ2) is 6.91. The Kier molecular flexibility index (Phi) is 5.83. The molecule has 0 aliphatic heterocycles. The molecule has 0 aromatic heterocycles. The Morgan fingerprint density at radius 3 is 2.44 bits per heavy atom. The van der Waals surface area contributed by atoms with Gasteiger partial charge in [-0.1, -0.05) is 37.6 Å². The number of carbonyl (C=O) groups excluding carboxylic acids is 1. The minimum absolute atomic E-state index is 0.0703. The van der Waals surface area contributed by atoms with Crippen LogP contribution in [0.15, 0.2) is 24.3 Å². The highest BCUT2D eigenvalue weighted by atomic mass is 35.5. The summed E-state index contributed by atoms with van der Waals surface area (Å²) in [5.74, 6) is 0.258. The van der Waals surface area contributed by atoms with Gasteiger partial charge in [-0.2, -0.15) is 0 Å². The SMILES string of the molecule is CC(=O)CCCNCC(C)(C)c1ccc(Cl)cc1. The second-order valence-electron chi connectivity index (χ2n) is 5.37. The van der Waals surface area contributed by atoms with E-state index in [2.05, 4.69) is 31.3 Å². The van der Waals surface area contributed by atoms with Crippen LogP contribution in [0.5, 0.6) is 0 Å². The Morgan fingerprint density at radius 1 is 1.28 bits per heavy atom. The molecular formula is C15H22ClNO. The van der Waals surface area contributed by atoms with Crippen LogP contribution < -0.4 is 5.32 Å². The zero-order valence-corrected chi connectivity index (χ0v) is 12.2. The monoisotopic (exact) mass is 267 g/mol. The molecule has 0 aliphatic rings. The maximum atomic E-state index is 10.8. The quantitative estimate of drug-likeness (QED) is 0.765. The summed E-state index contributed by atoms with van der Waals surface area (Å²) in [6.07, 6.45) is 1.57. The first kappa shape index (κ1) is 15.2. The van der Waals surface area contributed by atoms with Crippen LogP contribution >= 0.6 is 11.6 Å². The summed E-state index contributed by atoms with van der Waals surface area (Å²) in [6.45, 7) is 7.82. The van der Waals surface area contributed by atoms with E-state index in [1.807, 2.05) is 12.1 Å². The van der Waals surface area contributed by atoms with Crippen molar-refractivity contribution in [2.24, 2.45) is 0 Å². The van der Waals surface area contributed by atoms with Gasteiger partial charge in [-0.3, -0.25) is 0 Å². The Hall–Kier alpha value is -0.860. The number of carbonyl (C=O) groups is 1. The smallest absolute Gasteiger partial charge is 0.129 e. The van der Waals surface area contributed by atoms with Gasteiger partial charge < -0.3 is 10.1 Å². The lowest BCUT2D eigenvalue weighted by Crippen LogP contribution is -2.33. The summed E-state index contributed by atoms with van der Waals surface area (Å²) in [5.41, 5.74) is 1.34. The highest BCUT2D eigenvalue weighted by Gasteiger charge is 2.19. The highest BCUT2D eigenvalue weighted by Crippen LogP contribution is 2.23. The third-order valence-electron chi connectivity index (χ3n) is 3.08. The average Bonchev–Trinajstić information content (AvgIpc) is 2.28. The van der Waals surface area contributed by atoms with E-state index in [0.29, 0.717) is 6.42 Å². The molecule has 1 rings (SSSR count). The molecule has 0 fully saturated rings. The Morgan fingerprint density at radius 2 is 1.89 bits per heavy atom. The van der Waals surface area contributed by atoms with Crippen LogP contribution in [0, 0.1) is 0 Å². The van der Waals surface area contributed by atoms with Crippen molar-refractivity contribution >= 4 is 17.4 Å². The molecule has 0 saturated carbocycles. The minimum atomic E-state index is 0.0703. The number of ketones is 1. The standard InChI is InChI=1S/C15H22ClNO/c1-12(18)5-4-10-17-11-15(2,3)13-6-8-14(16)9-7-13/h6-9,17H,4-5,10-11H2,1-3H3. The summed E-state index contributed by atoms with van der Waals surface area (Å²) in [7, 11) is 0. The van der Waals surface area contributed by atoms with E-state index < -0.39 is 0 Å². The maximum Gasteiger partial charge on any atom is 0.129 e. The second-order valence-corrected chi connectivity index (χ2v) is 5.81. The predicted octanol–water partition coefficient (Wildman–Crippen LogP) is 3.58. The van der Waals surface area contributed by atoms with E-state index in [4.69, 9.17) is 11.6 Å². The molecule has 0 heterocycles. The zero-order valence-electron chi connectivity index (χ0n) is 11.4. The molecule has 0 spiro atoms. The van der Waals surface area contributed by atoms with Gasteiger partial charge in [0.2, 0.25) is 0 Å². The molecule has 0 saturated heterocycles. The summed E-state index contributed by atoms with van der Waals surface area (Å²) in [6, 6.07) is 7.99. The van der Waals surface area contributed by atoms with Crippen molar-refractivity contribution in [2.75, 3.05) is 13.1 Å². The molecule has 1 aromatic rings. The fourth-order valence-electron chi connectivity index (χ4n) is 1.87. The van der Waals surface area contributed by atoms with Crippen molar-refractivity contribution in [3.63, 3.8) is 0 Å². The molecule has 3 heteroatoms. The molecule has 2 nitrogen and oxygen atoms in total. The molecule has 1 aromatic carbocycles. The van der Waals surface area contributed by atoms with Crippen LogP contribution in [0.3, 0.4) is 0 Å². The van der Waals surface area contributed by atoms with Gasteiger partial charge >= 0.3 is 0 Å². The number of rotatable bonds is 7. The third kappa shape index (κ3) is 5.19. The molecule has 0 atom stereocenters. The van der Waals surface area contributed by atoms with Gasteiger partial charge in [-0.15, -0.1) is 0 Å². The predicted molar refractivity (Wildman–Crippen MR) is 77.3 cm³/mol. The fraction of sp³-hybridized carbons (Fsp3) is 0.533. The molecule has 0 bridgehead atoms. The number of halogens is 1. The Bertz CT molecular complexity index is 384. The van der Waals surface area contributed by atoms with Crippen LogP contribution in [-0.4, -0.2) is 18.9 Å². The van der Waals surface area contributed by atoms with E-state index in [1.165, 1.54) is 5.56 Å². The molecule has 0 radical (unpaired) electrons. The molecule has 0 amide bonds. The number of Topliss-reactive ketones (excluding diaryl/α,β-unsaturated/α-hetero) is 1. The molecule has 1 N–H and O–H groups in total. The lowest BCUT2D eigenvalue weighted by molar-refractivity contribution is -0.117. The number of hydrogen-bond acceptors (Lipinski definition) is 2. The van der Waals surface area contributed by atoms with Crippen LogP contribution in [-0.2, 0) is 10.2 Å². The zero-order chi connectivity index (χ0) is 13.6. The van der Waals surface area contributed by atoms with Crippen molar-refractivity contribution in [3.05, 3.63) is 34.9 Å². The van der Waals surface area contributed by atoms with Crippen LogP contribution in [0.25, 0.3) is 0 Å². The number of nitrogens with one attached hydrogen (secondary N) is 1. The van der Waals surface area contributed by atoms with E-state index in [-0.39, 0.29) is 11.2 Å². The normalized spacial score (nSPS) is 11.6. The van der Waals surface area contributed by atoms with Crippen LogP contribution in [0.4, 0.5) is 0 Å². The van der Waals surface area contributed by atoms with Crippen molar-refractivity contribution in [2.45, 2.75) is 39.0 Å².